The Bertz CT molecular complexity index is 43.7. The number of hydrogen-bond acceptors (Lipinski definition) is 2. The highest BCUT2D eigenvalue weighted by Gasteiger charge is 1.99. The molecule has 0 heterocycles. The van der Waals surface area contributed by atoms with E-state index in [0.29, 0.717) is 5.38 Å². The predicted octanol–water partition coefficient (Wildman–Crippen LogP) is 2.97. The highest BCUT2D eigenvalue weighted by molar-refractivity contribution is 8.68. The molecular formula is C5H11ClS2. The van der Waals surface area contributed by atoms with Gasteiger partial charge in [-0.3, -0.25) is 0 Å². The normalized spacial score (nSPS) is 13.9. The van der Waals surface area contributed by atoms with Gasteiger partial charge in [-0.1, -0.05) is 24.1 Å². The van der Waals surface area contributed by atoms with Crippen LogP contribution in [0.25, 0.3) is 0 Å². The molecule has 0 aliphatic rings. The van der Waals surface area contributed by atoms with Crippen molar-refractivity contribution in [2.24, 2.45) is 0 Å². The van der Waals surface area contributed by atoms with E-state index in [1.54, 1.807) is 0 Å². The van der Waals surface area contributed by atoms with Crippen LogP contribution in [0.4, 0.5) is 0 Å². The van der Waals surface area contributed by atoms with Gasteiger partial charge in [0.1, 0.15) is 0 Å². The maximum absolute atomic E-state index is 5.81. The monoisotopic (exact) mass is 170 g/mol. The minimum Gasteiger partial charge on any atom is -0.122 e. The van der Waals surface area contributed by atoms with Crippen molar-refractivity contribution < 1.29 is 0 Å². The summed E-state index contributed by atoms with van der Waals surface area (Å²) >= 11 is 9.80. The van der Waals surface area contributed by atoms with E-state index in [2.05, 4.69) is 18.6 Å². The Kier molecular flexibility index (Phi) is 6.87. The minimum absolute atomic E-state index is 0.322. The second kappa shape index (κ2) is 6.12. The van der Waals surface area contributed by atoms with Crippen LogP contribution in [0.15, 0.2) is 0 Å². The molecule has 0 N–H and O–H groups in total. The lowest BCUT2D eigenvalue weighted by atomic mass is 10.3. The van der Waals surface area contributed by atoms with Crippen LogP contribution in [0.1, 0.15) is 19.8 Å². The average Bonchev–Trinajstić information content (AvgIpc) is 1.68. The van der Waals surface area contributed by atoms with E-state index in [-0.39, 0.29) is 0 Å². The van der Waals surface area contributed by atoms with Crippen molar-refractivity contribution >= 4 is 34.1 Å². The Hall–Kier alpha value is 0.990. The zero-order valence-electron chi connectivity index (χ0n) is 4.93. The summed E-state index contributed by atoms with van der Waals surface area (Å²) in [6.45, 7) is 2.14. The number of halogens is 1. The summed E-state index contributed by atoms with van der Waals surface area (Å²) in [5.41, 5.74) is 0. The van der Waals surface area contributed by atoms with Crippen molar-refractivity contribution in [3.8, 4) is 0 Å². The molecule has 0 nitrogen and oxygen atoms in total. The molecule has 0 bridgehead atoms. The predicted molar refractivity (Wildman–Crippen MR) is 46.0 cm³/mol. The second-order valence-corrected chi connectivity index (χ2v) is 3.67. The Morgan fingerprint density at radius 2 is 2.38 bits per heavy atom. The first-order chi connectivity index (χ1) is 3.81. The summed E-state index contributed by atoms with van der Waals surface area (Å²) in [5.74, 6) is 0.957. The van der Waals surface area contributed by atoms with Gasteiger partial charge in [0.05, 0.1) is 0 Å². The van der Waals surface area contributed by atoms with E-state index in [4.69, 9.17) is 11.6 Å². The Morgan fingerprint density at radius 1 is 1.75 bits per heavy atom. The van der Waals surface area contributed by atoms with E-state index >= 15 is 0 Å². The standard InChI is InChI=1S/C5H11ClS2/c1-2-3-5(6)4-8-7/h5,7H,2-4H2,1H3. The first-order valence-corrected chi connectivity index (χ1v) is 5.19. The van der Waals surface area contributed by atoms with Gasteiger partial charge in [0, 0.05) is 11.1 Å². The fourth-order valence-electron chi connectivity index (χ4n) is 0.477. The van der Waals surface area contributed by atoms with Crippen LogP contribution in [0.5, 0.6) is 0 Å². The Labute approximate surface area is 65.2 Å². The van der Waals surface area contributed by atoms with Crippen molar-refractivity contribution in [1.29, 1.82) is 0 Å². The van der Waals surface area contributed by atoms with Crippen LogP contribution >= 0.6 is 34.1 Å². The third-order valence-electron chi connectivity index (χ3n) is 0.857. The van der Waals surface area contributed by atoms with Gasteiger partial charge in [-0.15, -0.1) is 23.3 Å². The first-order valence-electron chi connectivity index (χ1n) is 2.71. The van der Waals surface area contributed by atoms with E-state index in [1.807, 2.05) is 0 Å². The third kappa shape index (κ3) is 5.13. The average molecular weight is 171 g/mol. The van der Waals surface area contributed by atoms with Crippen molar-refractivity contribution in [1.82, 2.24) is 0 Å². The minimum atomic E-state index is 0.322. The maximum Gasteiger partial charge on any atom is 0.0434 e. The van der Waals surface area contributed by atoms with Crippen molar-refractivity contribution in [2.75, 3.05) is 5.75 Å². The van der Waals surface area contributed by atoms with Gasteiger partial charge in [-0.2, -0.15) is 0 Å². The zero-order chi connectivity index (χ0) is 6.41. The lowest BCUT2D eigenvalue weighted by Gasteiger charge is -2.02. The molecule has 0 saturated carbocycles. The zero-order valence-corrected chi connectivity index (χ0v) is 7.40. The lowest BCUT2D eigenvalue weighted by Crippen LogP contribution is -1.98. The molecule has 0 aromatic carbocycles. The topological polar surface area (TPSA) is 0 Å². The van der Waals surface area contributed by atoms with Crippen LogP contribution in [0.2, 0.25) is 0 Å². The maximum atomic E-state index is 5.81. The van der Waals surface area contributed by atoms with Gasteiger partial charge in [-0.05, 0) is 6.42 Å². The second-order valence-electron chi connectivity index (χ2n) is 1.68. The summed E-state index contributed by atoms with van der Waals surface area (Å²) in [6, 6.07) is 0. The fourth-order valence-corrected chi connectivity index (χ4v) is 2.02. The molecule has 0 aliphatic carbocycles. The summed E-state index contributed by atoms with van der Waals surface area (Å²) in [5, 5.41) is 0.322. The summed E-state index contributed by atoms with van der Waals surface area (Å²) in [6.07, 6.45) is 2.28. The molecule has 0 rings (SSSR count). The van der Waals surface area contributed by atoms with Crippen LogP contribution in [-0.2, 0) is 0 Å². The van der Waals surface area contributed by atoms with Crippen molar-refractivity contribution in [3.63, 3.8) is 0 Å². The number of thiol groups is 1. The van der Waals surface area contributed by atoms with Gasteiger partial charge < -0.3 is 0 Å². The quantitative estimate of drug-likeness (QED) is 0.385. The third-order valence-corrected chi connectivity index (χ3v) is 2.41. The molecule has 0 aromatic rings. The number of hydrogen-bond donors (Lipinski definition) is 1. The summed E-state index contributed by atoms with van der Waals surface area (Å²) in [7, 11) is 1.51. The molecule has 1 atom stereocenters. The molecule has 1 unspecified atom stereocenters. The van der Waals surface area contributed by atoms with Gasteiger partial charge in [-0.25, -0.2) is 0 Å². The van der Waals surface area contributed by atoms with Crippen LogP contribution in [0, 0.1) is 0 Å². The molecule has 0 radical (unpaired) electrons. The Morgan fingerprint density at radius 3 is 2.75 bits per heavy atom. The summed E-state index contributed by atoms with van der Waals surface area (Å²) < 4.78 is 0. The molecule has 50 valence electrons. The van der Waals surface area contributed by atoms with Gasteiger partial charge in [0.25, 0.3) is 0 Å². The highest BCUT2D eigenvalue weighted by Crippen LogP contribution is 2.14. The van der Waals surface area contributed by atoms with Crippen LogP contribution in [-0.4, -0.2) is 11.1 Å². The lowest BCUT2D eigenvalue weighted by molar-refractivity contribution is 0.787. The highest BCUT2D eigenvalue weighted by atomic mass is 35.5. The first kappa shape index (κ1) is 8.99. The van der Waals surface area contributed by atoms with Gasteiger partial charge >= 0.3 is 0 Å². The van der Waals surface area contributed by atoms with Crippen LogP contribution < -0.4 is 0 Å². The smallest absolute Gasteiger partial charge is 0.0434 e. The number of rotatable bonds is 4. The van der Waals surface area contributed by atoms with E-state index in [1.165, 1.54) is 17.2 Å². The van der Waals surface area contributed by atoms with Gasteiger partial charge in [0.2, 0.25) is 0 Å². The molecule has 0 saturated heterocycles. The van der Waals surface area contributed by atoms with Crippen molar-refractivity contribution in [3.05, 3.63) is 0 Å². The molecular weight excluding hydrogens is 160 g/mol. The largest absolute Gasteiger partial charge is 0.122 e. The van der Waals surface area contributed by atoms with E-state index < -0.39 is 0 Å². The summed E-state index contributed by atoms with van der Waals surface area (Å²) in [4.78, 5) is 0. The molecule has 0 amide bonds. The molecule has 0 aliphatic heterocycles. The molecule has 0 fully saturated rings. The molecule has 0 aromatic heterocycles. The fraction of sp³-hybridized carbons (Fsp3) is 1.00. The van der Waals surface area contributed by atoms with E-state index in [0.717, 1.165) is 12.2 Å². The molecule has 3 heteroatoms. The van der Waals surface area contributed by atoms with Crippen LogP contribution in [0.3, 0.4) is 0 Å². The van der Waals surface area contributed by atoms with Crippen molar-refractivity contribution in [2.45, 2.75) is 25.1 Å². The molecule has 8 heavy (non-hydrogen) atoms. The SMILES string of the molecule is CCCC(Cl)CSS. The number of alkyl halides is 1. The van der Waals surface area contributed by atoms with E-state index in [9.17, 15) is 0 Å². The van der Waals surface area contributed by atoms with Gasteiger partial charge in [0.15, 0.2) is 0 Å². The Balaban J connectivity index is 2.92. The molecule has 0 spiro atoms.